The molecule has 0 amide bonds. The second kappa shape index (κ2) is 6.34. The molecule has 0 aliphatic carbocycles. The third-order valence-corrected chi connectivity index (χ3v) is 4.86. The second-order valence-corrected chi connectivity index (χ2v) is 8.34. The topological polar surface area (TPSA) is 69.6 Å². The van der Waals surface area contributed by atoms with Crippen molar-refractivity contribution in [2.45, 2.75) is 38.7 Å². The van der Waals surface area contributed by atoms with Crippen LogP contribution in [0.15, 0.2) is 23.1 Å². The van der Waals surface area contributed by atoms with E-state index in [-0.39, 0.29) is 16.9 Å². The maximum Gasteiger partial charge on any atom is 0.240 e. The molecule has 1 aromatic carbocycles. The Morgan fingerprint density at radius 1 is 1.29 bits per heavy atom. The number of anilines is 1. The molecule has 0 heterocycles. The van der Waals surface area contributed by atoms with E-state index in [0.717, 1.165) is 11.3 Å². The summed E-state index contributed by atoms with van der Waals surface area (Å²) in [7, 11) is 0.116. The molecule has 2 N–H and O–H groups in total. The van der Waals surface area contributed by atoms with E-state index in [1.165, 1.54) is 0 Å². The van der Waals surface area contributed by atoms with Crippen molar-refractivity contribution in [3.8, 4) is 0 Å². The number of hydrogen-bond donors (Lipinski definition) is 2. The Kier molecular flexibility index (Phi) is 5.41. The Hall–Kier alpha value is -1.11. The van der Waals surface area contributed by atoms with E-state index >= 15 is 0 Å². The SMILES string of the molecule is Cc1ccc(S(=O)(=O)NCC(O)C(C)(C)C)cc1N(C)C. The van der Waals surface area contributed by atoms with Crippen molar-refractivity contribution in [2.24, 2.45) is 5.41 Å². The van der Waals surface area contributed by atoms with Crippen molar-refractivity contribution in [1.29, 1.82) is 0 Å². The number of benzene rings is 1. The van der Waals surface area contributed by atoms with Gasteiger partial charge < -0.3 is 10.0 Å². The lowest BCUT2D eigenvalue weighted by Crippen LogP contribution is -2.39. The lowest BCUT2D eigenvalue weighted by atomic mass is 9.89. The minimum Gasteiger partial charge on any atom is -0.391 e. The van der Waals surface area contributed by atoms with Crippen LogP contribution < -0.4 is 9.62 Å². The first-order valence-corrected chi connectivity index (χ1v) is 8.39. The molecule has 0 radical (unpaired) electrons. The van der Waals surface area contributed by atoms with Gasteiger partial charge in [0.1, 0.15) is 0 Å². The predicted molar refractivity (Wildman–Crippen MR) is 86.2 cm³/mol. The Balaban J connectivity index is 2.96. The van der Waals surface area contributed by atoms with Crippen LogP contribution in [0.2, 0.25) is 0 Å². The van der Waals surface area contributed by atoms with E-state index in [0.29, 0.717) is 0 Å². The average Bonchev–Trinajstić information content (AvgIpc) is 2.34. The standard InChI is InChI=1S/C15H26N2O3S/c1-11-7-8-12(9-13(11)17(5)6)21(19,20)16-10-14(18)15(2,3)4/h7-9,14,16,18H,10H2,1-6H3. The Bertz CT molecular complexity index is 589. The molecular weight excluding hydrogens is 288 g/mol. The Morgan fingerprint density at radius 2 is 1.86 bits per heavy atom. The molecule has 0 aromatic heterocycles. The smallest absolute Gasteiger partial charge is 0.240 e. The van der Waals surface area contributed by atoms with E-state index in [4.69, 9.17) is 0 Å². The van der Waals surface area contributed by atoms with Gasteiger partial charge in [0.05, 0.1) is 11.0 Å². The van der Waals surface area contributed by atoms with Crippen LogP contribution in [0.3, 0.4) is 0 Å². The summed E-state index contributed by atoms with van der Waals surface area (Å²) in [5, 5.41) is 9.95. The summed E-state index contributed by atoms with van der Waals surface area (Å²) in [6.07, 6.45) is -0.744. The summed E-state index contributed by atoms with van der Waals surface area (Å²) in [6, 6.07) is 5.00. The number of nitrogens with zero attached hydrogens (tertiary/aromatic N) is 1. The fourth-order valence-corrected chi connectivity index (χ4v) is 2.87. The van der Waals surface area contributed by atoms with Crippen LogP contribution in [0.25, 0.3) is 0 Å². The molecule has 0 spiro atoms. The van der Waals surface area contributed by atoms with Crippen molar-refractivity contribution >= 4 is 15.7 Å². The number of aryl methyl sites for hydroxylation is 1. The van der Waals surface area contributed by atoms with Crippen LogP contribution in [-0.4, -0.2) is 40.3 Å². The summed E-state index contributed by atoms with van der Waals surface area (Å²) in [4.78, 5) is 2.08. The van der Waals surface area contributed by atoms with E-state index < -0.39 is 16.1 Å². The summed E-state index contributed by atoms with van der Waals surface area (Å²) in [6.45, 7) is 7.52. The zero-order valence-corrected chi connectivity index (χ0v) is 14.5. The first-order valence-electron chi connectivity index (χ1n) is 6.91. The molecule has 0 fully saturated rings. The third kappa shape index (κ3) is 4.69. The number of nitrogens with one attached hydrogen (secondary N) is 1. The summed E-state index contributed by atoms with van der Waals surface area (Å²) in [5.74, 6) is 0. The fourth-order valence-electron chi connectivity index (χ4n) is 1.82. The second-order valence-electron chi connectivity index (χ2n) is 6.58. The van der Waals surface area contributed by atoms with Crippen LogP contribution >= 0.6 is 0 Å². The molecule has 1 rings (SSSR count). The first kappa shape index (κ1) is 17.9. The van der Waals surface area contributed by atoms with Gasteiger partial charge in [0.2, 0.25) is 10.0 Å². The monoisotopic (exact) mass is 314 g/mol. The van der Waals surface area contributed by atoms with Gasteiger partial charge in [0, 0.05) is 26.3 Å². The number of hydrogen-bond acceptors (Lipinski definition) is 4. The molecular formula is C15H26N2O3S. The fraction of sp³-hybridized carbons (Fsp3) is 0.600. The van der Waals surface area contributed by atoms with Gasteiger partial charge in [-0.05, 0) is 30.0 Å². The minimum atomic E-state index is -3.63. The van der Waals surface area contributed by atoms with Crippen molar-refractivity contribution in [3.63, 3.8) is 0 Å². The Morgan fingerprint density at radius 3 is 2.33 bits per heavy atom. The molecule has 5 nitrogen and oxygen atoms in total. The molecule has 120 valence electrons. The molecule has 0 aliphatic rings. The van der Waals surface area contributed by atoms with Gasteiger partial charge in [-0.15, -0.1) is 0 Å². The molecule has 0 bridgehead atoms. The van der Waals surface area contributed by atoms with E-state index in [1.807, 2.05) is 46.7 Å². The summed E-state index contributed by atoms with van der Waals surface area (Å²) in [5.41, 5.74) is 1.49. The number of rotatable bonds is 5. The largest absolute Gasteiger partial charge is 0.391 e. The number of aliphatic hydroxyl groups is 1. The highest BCUT2D eigenvalue weighted by molar-refractivity contribution is 7.89. The van der Waals surface area contributed by atoms with Crippen LogP contribution in [0.1, 0.15) is 26.3 Å². The molecule has 6 heteroatoms. The number of aliphatic hydroxyl groups excluding tert-OH is 1. The lowest BCUT2D eigenvalue weighted by molar-refractivity contribution is 0.0677. The molecule has 0 saturated heterocycles. The van der Waals surface area contributed by atoms with Crippen molar-refractivity contribution < 1.29 is 13.5 Å². The normalized spacial score (nSPS) is 14.0. The predicted octanol–water partition coefficient (Wildman–Crippen LogP) is 1.75. The van der Waals surface area contributed by atoms with E-state index in [9.17, 15) is 13.5 Å². The van der Waals surface area contributed by atoms with Gasteiger partial charge in [-0.1, -0.05) is 26.8 Å². The van der Waals surface area contributed by atoms with Crippen LogP contribution in [0.4, 0.5) is 5.69 Å². The third-order valence-electron chi connectivity index (χ3n) is 3.44. The van der Waals surface area contributed by atoms with Gasteiger partial charge in [0.15, 0.2) is 0 Å². The van der Waals surface area contributed by atoms with Crippen LogP contribution in [0, 0.1) is 12.3 Å². The van der Waals surface area contributed by atoms with Gasteiger partial charge >= 0.3 is 0 Å². The van der Waals surface area contributed by atoms with Crippen LogP contribution in [0.5, 0.6) is 0 Å². The van der Waals surface area contributed by atoms with Gasteiger partial charge in [-0.2, -0.15) is 0 Å². The lowest BCUT2D eigenvalue weighted by Gasteiger charge is -2.26. The maximum atomic E-state index is 12.3. The van der Waals surface area contributed by atoms with Gasteiger partial charge in [0.25, 0.3) is 0 Å². The average molecular weight is 314 g/mol. The zero-order chi connectivity index (χ0) is 16.4. The zero-order valence-electron chi connectivity index (χ0n) is 13.6. The molecule has 21 heavy (non-hydrogen) atoms. The summed E-state index contributed by atoms with van der Waals surface area (Å²) < 4.78 is 27.1. The Labute approximate surface area is 128 Å². The molecule has 0 aliphatic heterocycles. The van der Waals surface area contributed by atoms with E-state index in [1.54, 1.807) is 18.2 Å². The molecule has 1 unspecified atom stereocenters. The maximum absolute atomic E-state index is 12.3. The molecule has 1 aromatic rings. The van der Waals surface area contributed by atoms with Gasteiger partial charge in [-0.3, -0.25) is 0 Å². The molecule has 1 atom stereocenters. The highest BCUT2D eigenvalue weighted by Gasteiger charge is 2.24. The minimum absolute atomic E-state index is 0.00297. The quantitative estimate of drug-likeness (QED) is 0.869. The first-order chi connectivity index (χ1) is 9.45. The number of sulfonamides is 1. The highest BCUT2D eigenvalue weighted by Crippen LogP contribution is 2.23. The van der Waals surface area contributed by atoms with Gasteiger partial charge in [-0.25, -0.2) is 13.1 Å². The summed E-state index contributed by atoms with van der Waals surface area (Å²) >= 11 is 0. The van der Waals surface area contributed by atoms with Crippen molar-refractivity contribution in [3.05, 3.63) is 23.8 Å². The van der Waals surface area contributed by atoms with Crippen molar-refractivity contribution in [1.82, 2.24) is 4.72 Å². The van der Waals surface area contributed by atoms with E-state index in [2.05, 4.69) is 4.72 Å². The molecule has 0 saturated carbocycles. The highest BCUT2D eigenvalue weighted by atomic mass is 32.2. The van der Waals surface area contributed by atoms with Crippen LogP contribution in [-0.2, 0) is 10.0 Å². The van der Waals surface area contributed by atoms with Crippen molar-refractivity contribution in [2.75, 3.05) is 25.5 Å².